The smallest absolute Gasteiger partial charge is 0.140 e. The molecule has 0 spiro atoms. The van der Waals surface area contributed by atoms with Crippen LogP contribution in [0.25, 0.3) is 10.2 Å². The zero-order valence-electron chi connectivity index (χ0n) is 13.3. The third-order valence-electron chi connectivity index (χ3n) is 5.00. The van der Waals surface area contributed by atoms with Gasteiger partial charge in [0.2, 0.25) is 0 Å². The normalized spacial score (nSPS) is 21.7. The molecule has 0 saturated carbocycles. The van der Waals surface area contributed by atoms with Crippen molar-refractivity contribution in [2.75, 3.05) is 44.2 Å². The molecule has 0 aromatic carbocycles. The van der Waals surface area contributed by atoms with Gasteiger partial charge in [-0.15, -0.1) is 11.3 Å². The number of aromatic nitrogens is 2. The van der Waals surface area contributed by atoms with E-state index in [4.69, 9.17) is 0 Å². The van der Waals surface area contributed by atoms with Crippen molar-refractivity contribution in [3.8, 4) is 0 Å². The van der Waals surface area contributed by atoms with Gasteiger partial charge in [-0.05, 0) is 25.3 Å². The first-order valence-electron chi connectivity index (χ1n) is 8.13. The fourth-order valence-corrected chi connectivity index (χ4v) is 4.23. The van der Waals surface area contributed by atoms with Gasteiger partial charge >= 0.3 is 0 Å². The minimum Gasteiger partial charge on any atom is -0.353 e. The Bertz CT molecular complexity index is 641. The highest BCUT2D eigenvalue weighted by molar-refractivity contribution is 7.16. The molecule has 118 valence electrons. The number of piperazine rings is 1. The van der Waals surface area contributed by atoms with E-state index in [1.807, 2.05) is 0 Å². The molecule has 2 aromatic rings. The van der Waals surface area contributed by atoms with Gasteiger partial charge in [-0.25, -0.2) is 9.97 Å². The van der Waals surface area contributed by atoms with Crippen molar-refractivity contribution in [1.29, 1.82) is 0 Å². The molecule has 4 rings (SSSR count). The van der Waals surface area contributed by atoms with Gasteiger partial charge in [0.1, 0.15) is 17.0 Å². The predicted molar refractivity (Wildman–Crippen MR) is 91.7 cm³/mol. The Balaban J connectivity index is 1.38. The average molecular weight is 317 g/mol. The molecule has 0 N–H and O–H groups in total. The molecular weight excluding hydrogens is 294 g/mol. The van der Waals surface area contributed by atoms with Gasteiger partial charge in [-0.1, -0.05) is 0 Å². The van der Waals surface area contributed by atoms with E-state index in [1.54, 1.807) is 17.7 Å². The van der Waals surface area contributed by atoms with Crippen molar-refractivity contribution in [2.24, 2.45) is 0 Å². The summed E-state index contributed by atoms with van der Waals surface area (Å²) >= 11 is 1.69. The van der Waals surface area contributed by atoms with Gasteiger partial charge in [-0.3, -0.25) is 9.80 Å². The van der Waals surface area contributed by atoms with Crippen molar-refractivity contribution in [3.05, 3.63) is 17.8 Å². The van der Waals surface area contributed by atoms with Crippen LogP contribution in [0.2, 0.25) is 0 Å². The number of rotatable bonds is 3. The predicted octanol–water partition coefficient (Wildman–Crippen LogP) is 1.91. The van der Waals surface area contributed by atoms with Crippen molar-refractivity contribution in [3.63, 3.8) is 0 Å². The highest BCUT2D eigenvalue weighted by Gasteiger charge is 2.35. The van der Waals surface area contributed by atoms with E-state index in [1.165, 1.54) is 31.6 Å². The Kier molecular flexibility index (Phi) is 3.76. The lowest BCUT2D eigenvalue weighted by atomic mass is 10.1. The summed E-state index contributed by atoms with van der Waals surface area (Å²) < 4.78 is 0. The highest BCUT2D eigenvalue weighted by atomic mass is 32.1. The van der Waals surface area contributed by atoms with Crippen LogP contribution in [0.1, 0.15) is 13.8 Å². The molecule has 2 aliphatic heterocycles. The maximum Gasteiger partial charge on any atom is 0.140 e. The largest absolute Gasteiger partial charge is 0.353 e. The van der Waals surface area contributed by atoms with Gasteiger partial charge in [0, 0.05) is 51.4 Å². The Hall–Kier alpha value is -1.24. The van der Waals surface area contributed by atoms with Gasteiger partial charge in [-0.2, -0.15) is 0 Å². The monoisotopic (exact) mass is 317 g/mol. The summed E-state index contributed by atoms with van der Waals surface area (Å²) in [7, 11) is 0. The topological polar surface area (TPSA) is 35.5 Å². The van der Waals surface area contributed by atoms with Gasteiger partial charge < -0.3 is 4.90 Å². The van der Waals surface area contributed by atoms with Crippen LogP contribution in [-0.4, -0.2) is 71.1 Å². The number of thiophene rings is 1. The second kappa shape index (κ2) is 5.76. The van der Waals surface area contributed by atoms with Gasteiger partial charge in [0.15, 0.2) is 0 Å². The van der Waals surface area contributed by atoms with E-state index in [9.17, 15) is 0 Å². The number of hydrogen-bond donors (Lipinski definition) is 0. The van der Waals surface area contributed by atoms with Gasteiger partial charge in [0.05, 0.1) is 5.39 Å². The molecule has 0 radical (unpaired) electrons. The Morgan fingerprint density at radius 3 is 2.64 bits per heavy atom. The van der Waals surface area contributed by atoms with Crippen molar-refractivity contribution in [2.45, 2.75) is 25.9 Å². The van der Waals surface area contributed by atoms with Crippen molar-refractivity contribution in [1.82, 2.24) is 19.8 Å². The molecule has 4 heterocycles. The minimum atomic E-state index is 0.674. The number of anilines is 1. The summed E-state index contributed by atoms with van der Waals surface area (Å²) in [5, 5.41) is 3.31. The van der Waals surface area contributed by atoms with Crippen LogP contribution in [0, 0.1) is 0 Å². The molecule has 0 bridgehead atoms. The molecule has 0 atom stereocenters. The minimum absolute atomic E-state index is 0.674. The summed E-state index contributed by atoms with van der Waals surface area (Å²) in [6.45, 7) is 11.6. The Morgan fingerprint density at radius 2 is 1.91 bits per heavy atom. The summed E-state index contributed by atoms with van der Waals surface area (Å²) in [5.41, 5.74) is 0. The second-order valence-corrected chi connectivity index (χ2v) is 7.46. The molecule has 0 unspecified atom stereocenters. The molecule has 22 heavy (non-hydrogen) atoms. The van der Waals surface area contributed by atoms with Crippen LogP contribution >= 0.6 is 11.3 Å². The van der Waals surface area contributed by atoms with Crippen LogP contribution in [0.5, 0.6) is 0 Å². The lowest BCUT2D eigenvalue weighted by molar-refractivity contribution is 0.0677. The van der Waals surface area contributed by atoms with Crippen LogP contribution in [0.15, 0.2) is 17.8 Å². The highest BCUT2D eigenvalue weighted by Crippen LogP contribution is 2.30. The van der Waals surface area contributed by atoms with Crippen LogP contribution in [0.4, 0.5) is 5.82 Å². The van der Waals surface area contributed by atoms with E-state index in [0.717, 1.165) is 23.7 Å². The molecule has 2 saturated heterocycles. The fraction of sp³-hybridized carbons (Fsp3) is 0.625. The van der Waals surface area contributed by atoms with E-state index >= 15 is 0 Å². The first kappa shape index (κ1) is 14.4. The summed E-state index contributed by atoms with van der Waals surface area (Å²) in [4.78, 5) is 17.6. The molecule has 0 aliphatic carbocycles. The molecule has 2 aromatic heterocycles. The molecule has 5 nitrogen and oxygen atoms in total. The van der Waals surface area contributed by atoms with E-state index in [-0.39, 0.29) is 0 Å². The third kappa shape index (κ3) is 2.49. The van der Waals surface area contributed by atoms with Crippen molar-refractivity contribution >= 4 is 27.4 Å². The standard InChI is InChI=1S/C16H23N5S/c1-12(2)19-4-6-20(7-5-19)13-9-21(10-13)15-14-3-8-22-16(14)18-11-17-15/h3,8,11-13H,4-7,9-10H2,1-2H3. The van der Waals surface area contributed by atoms with Crippen molar-refractivity contribution < 1.29 is 0 Å². The quantitative estimate of drug-likeness (QED) is 0.864. The number of hydrogen-bond acceptors (Lipinski definition) is 6. The first-order chi connectivity index (χ1) is 10.7. The SMILES string of the molecule is CC(C)N1CCN(C2CN(c3ncnc4sccc34)C2)CC1. The molecule has 0 amide bonds. The molecule has 2 aliphatic rings. The molecule has 6 heteroatoms. The van der Waals surface area contributed by atoms with E-state index < -0.39 is 0 Å². The van der Waals surface area contributed by atoms with E-state index in [2.05, 4.69) is 50.0 Å². The Labute approximate surface area is 135 Å². The van der Waals surface area contributed by atoms with Gasteiger partial charge in [0.25, 0.3) is 0 Å². The second-order valence-electron chi connectivity index (χ2n) is 6.56. The summed E-state index contributed by atoms with van der Waals surface area (Å²) in [5.74, 6) is 1.11. The zero-order chi connectivity index (χ0) is 15.1. The maximum absolute atomic E-state index is 4.51. The third-order valence-corrected chi connectivity index (χ3v) is 5.82. The average Bonchev–Trinajstić information content (AvgIpc) is 2.95. The summed E-state index contributed by atoms with van der Waals surface area (Å²) in [6, 6.07) is 3.51. The Morgan fingerprint density at radius 1 is 1.14 bits per heavy atom. The van der Waals surface area contributed by atoms with Crippen LogP contribution in [0.3, 0.4) is 0 Å². The maximum atomic E-state index is 4.51. The van der Waals surface area contributed by atoms with E-state index in [0.29, 0.717) is 12.1 Å². The fourth-order valence-electron chi connectivity index (χ4n) is 3.51. The first-order valence-corrected chi connectivity index (χ1v) is 9.01. The number of nitrogens with zero attached hydrogens (tertiary/aromatic N) is 5. The van der Waals surface area contributed by atoms with Crippen LogP contribution in [-0.2, 0) is 0 Å². The lowest BCUT2D eigenvalue weighted by Crippen LogP contribution is -2.63. The molecular formula is C16H23N5S. The number of fused-ring (bicyclic) bond motifs is 1. The summed E-state index contributed by atoms with van der Waals surface area (Å²) in [6.07, 6.45) is 1.70. The van der Waals surface area contributed by atoms with Crippen LogP contribution < -0.4 is 4.90 Å². The zero-order valence-corrected chi connectivity index (χ0v) is 14.1. The molecule has 2 fully saturated rings. The lowest BCUT2D eigenvalue weighted by Gasteiger charge is -2.49.